The normalized spacial score (nSPS) is 15.9. The summed E-state index contributed by atoms with van der Waals surface area (Å²) < 4.78 is 11.5. The number of hydrogen-bond acceptors (Lipinski definition) is 3. The Kier molecular flexibility index (Phi) is 5.08. The molecule has 0 aromatic heterocycles. The Balaban J connectivity index is 0.000000531. The second-order valence-electron chi connectivity index (χ2n) is 2.78. The molecule has 3 nitrogen and oxygen atoms in total. The van der Waals surface area contributed by atoms with Crippen molar-refractivity contribution < 1.29 is 14.6 Å². The van der Waals surface area contributed by atoms with E-state index in [-0.39, 0.29) is 12.0 Å². The number of halogens is 1. The van der Waals surface area contributed by atoms with Gasteiger partial charge in [-0.2, -0.15) is 0 Å². The Morgan fingerprint density at radius 2 is 1.87 bits per heavy atom. The van der Waals surface area contributed by atoms with Crippen molar-refractivity contribution in [2.24, 2.45) is 0 Å². The van der Waals surface area contributed by atoms with Crippen LogP contribution in [0.2, 0.25) is 0 Å². The predicted molar refractivity (Wildman–Crippen MR) is 61.8 cm³/mol. The van der Waals surface area contributed by atoms with Crippen LogP contribution < -0.4 is 0 Å². The summed E-state index contributed by atoms with van der Waals surface area (Å²) in [6.45, 7) is 5.21. The summed E-state index contributed by atoms with van der Waals surface area (Å²) in [5, 5.41) is 9.27. The molecule has 0 atom stereocenters. The lowest BCUT2D eigenvalue weighted by molar-refractivity contribution is -0.0447. The maximum absolute atomic E-state index is 9.27. The molecule has 0 spiro atoms. The third-order valence-corrected chi connectivity index (χ3v) is 2.58. The SMILES string of the molecule is CC.Oc1ccc(Br)c(C2OCCO2)c1. The molecule has 2 rings (SSSR count). The predicted octanol–water partition coefficient (Wildman–Crippen LogP) is 3.23. The van der Waals surface area contributed by atoms with E-state index in [1.807, 2.05) is 13.8 Å². The lowest BCUT2D eigenvalue weighted by Crippen LogP contribution is -1.98. The molecule has 0 radical (unpaired) electrons. The zero-order valence-corrected chi connectivity index (χ0v) is 10.5. The van der Waals surface area contributed by atoms with Gasteiger partial charge in [0.1, 0.15) is 5.75 Å². The zero-order valence-electron chi connectivity index (χ0n) is 8.87. The average Bonchev–Trinajstić information content (AvgIpc) is 2.78. The highest BCUT2D eigenvalue weighted by Crippen LogP contribution is 2.31. The number of phenols is 1. The fourth-order valence-electron chi connectivity index (χ4n) is 1.25. The summed E-state index contributed by atoms with van der Waals surface area (Å²) in [4.78, 5) is 0. The molecule has 1 aliphatic heterocycles. The van der Waals surface area contributed by atoms with E-state index in [0.29, 0.717) is 13.2 Å². The van der Waals surface area contributed by atoms with Gasteiger partial charge in [-0.1, -0.05) is 29.8 Å². The number of benzene rings is 1. The largest absolute Gasteiger partial charge is 0.508 e. The van der Waals surface area contributed by atoms with Gasteiger partial charge in [-0.3, -0.25) is 0 Å². The maximum atomic E-state index is 9.27. The van der Waals surface area contributed by atoms with E-state index in [4.69, 9.17) is 9.47 Å². The highest BCUT2D eigenvalue weighted by atomic mass is 79.9. The summed E-state index contributed by atoms with van der Waals surface area (Å²) in [6, 6.07) is 5.03. The number of hydrogen-bond donors (Lipinski definition) is 1. The van der Waals surface area contributed by atoms with E-state index in [9.17, 15) is 5.11 Å². The minimum absolute atomic E-state index is 0.220. The Bertz CT molecular complexity index is 309. The quantitative estimate of drug-likeness (QED) is 0.855. The van der Waals surface area contributed by atoms with E-state index >= 15 is 0 Å². The molecule has 0 unspecified atom stereocenters. The second kappa shape index (κ2) is 6.10. The first kappa shape index (κ1) is 12.5. The minimum atomic E-state index is -0.346. The van der Waals surface area contributed by atoms with E-state index in [0.717, 1.165) is 10.0 Å². The Morgan fingerprint density at radius 3 is 2.47 bits per heavy atom. The van der Waals surface area contributed by atoms with Crippen molar-refractivity contribution in [1.29, 1.82) is 0 Å². The van der Waals surface area contributed by atoms with Crippen LogP contribution in [0.5, 0.6) is 5.75 Å². The standard InChI is InChI=1S/C9H9BrO3.C2H6/c10-8-2-1-6(11)5-7(8)9-12-3-4-13-9;1-2/h1-2,5,9,11H,3-4H2;1-2H3. The highest BCUT2D eigenvalue weighted by Gasteiger charge is 2.20. The smallest absolute Gasteiger partial charge is 0.185 e. The molecule has 84 valence electrons. The lowest BCUT2D eigenvalue weighted by Gasteiger charge is -2.11. The van der Waals surface area contributed by atoms with Crippen LogP contribution in [0, 0.1) is 0 Å². The van der Waals surface area contributed by atoms with Crippen molar-refractivity contribution in [2.45, 2.75) is 20.1 Å². The summed E-state index contributed by atoms with van der Waals surface area (Å²) in [7, 11) is 0. The minimum Gasteiger partial charge on any atom is -0.508 e. The molecular weight excluding hydrogens is 260 g/mol. The Morgan fingerprint density at radius 1 is 1.27 bits per heavy atom. The molecule has 0 bridgehead atoms. The van der Waals surface area contributed by atoms with Gasteiger partial charge in [-0.25, -0.2) is 0 Å². The molecule has 1 aromatic rings. The van der Waals surface area contributed by atoms with Gasteiger partial charge in [0.05, 0.1) is 13.2 Å². The van der Waals surface area contributed by atoms with Crippen LogP contribution in [-0.2, 0) is 9.47 Å². The first-order valence-corrected chi connectivity index (χ1v) is 5.78. The number of phenolic OH excluding ortho intramolecular Hbond substituents is 1. The third-order valence-electron chi connectivity index (χ3n) is 1.86. The molecule has 1 N–H and O–H groups in total. The molecule has 1 heterocycles. The molecule has 1 aromatic carbocycles. The summed E-state index contributed by atoms with van der Waals surface area (Å²) in [6.07, 6.45) is -0.346. The van der Waals surface area contributed by atoms with Crippen LogP contribution in [0.1, 0.15) is 25.7 Å². The van der Waals surface area contributed by atoms with Crippen molar-refractivity contribution in [3.8, 4) is 5.75 Å². The van der Waals surface area contributed by atoms with Crippen molar-refractivity contribution in [1.82, 2.24) is 0 Å². The summed E-state index contributed by atoms with van der Waals surface area (Å²) in [5.74, 6) is 0.220. The van der Waals surface area contributed by atoms with Crippen LogP contribution in [0.25, 0.3) is 0 Å². The van der Waals surface area contributed by atoms with Crippen molar-refractivity contribution in [3.63, 3.8) is 0 Å². The van der Waals surface area contributed by atoms with Gasteiger partial charge in [0.2, 0.25) is 0 Å². The highest BCUT2D eigenvalue weighted by molar-refractivity contribution is 9.10. The van der Waals surface area contributed by atoms with Crippen molar-refractivity contribution in [3.05, 3.63) is 28.2 Å². The monoisotopic (exact) mass is 274 g/mol. The Hall–Kier alpha value is -0.580. The molecule has 0 aliphatic carbocycles. The Labute approximate surface area is 98.1 Å². The van der Waals surface area contributed by atoms with Crippen molar-refractivity contribution >= 4 is 15.9 Å². The fourth-order valence-corrected chi connectivity index (χ4v) is 1.68. The van der Waals surface area contributed by atoms with Crippen LogP contribution in [0.15, 0.2) is 22.7 Å². The second-order valence-corrected chi connectivity index (χ2v) is 3.63. The number of rotatable bonds is 1. The van der Waals surface area contributed by atoms with Gasteiger partial charge in [0.25, 0.3) is 0 Å². The molecule has 1 saturated heterocycles. The van der Waals surface area contributed by atoms with Gasteiger partial charge in [-0.15, -0.1) is 0 Å². The molecule has 0 saturated carbocycles. The summed E-state index contributed by atoms with van der Waals surface area (Å²) >= 11 is 3.37. The van der Waals surface area contributed by atoms with Gasteiger partial charge < -0.3 is 14.6 Å². The zero-order chi connectivity index (χ0) is 11.3. The molecule has 0 amide bonds. The van der Waals surface area contributed by atoms with Gasteiger partial charge in [0, 0.05) is 10.0 Å². The fraction of sp³-hybridized carbons (Fsp3) is 0.455. The van der Waals surface area contributed by atoms with E-state index in [1.165, 1.54) is 0 Å². The number of ether oxygens (including phenoxy) is 2. The van der Waals surface area contributed by atoms with E-state index in [1.54, 1.807) is 18.2 Å². The first-order valence-electron chi connectivity index (χ1n) is 4.99. The summed E-state index contributed by atoms with van der Waals surface area (Å²) in [5.41, 5.74) is 0.831. The maximum Gasteiger partial charge on any atom is 0.185 e. The van der Waals surface area contributed by atoms with Gasteiger partial charge >= 0.3 is 0 Å². The molecule has 1 aliphatic rings. The molecular formula is C11H15BrO3. The molecule has 1 fully saturated rings. The lowest BCUT2D eigenvalue weighted by atomic mass is 10.2. The van der Waals surface area contributed by atoms with Crippen LogP contribution in [-0.4, -0.2) is 18.3 Å². The van der Waals surface area contributed by atoms with Gasteiger partial charge in [0.15, 0.2) is 6.29 Å². The average molecular weight is 275 g/mol. The van der Waals surface area contributed by atoms with Crippen LogP contribution in [0.4, 0.5) is 0 Å². The van der Waals surface area contributed by atoms with Crippen LogP contribution >= 0.6 is 15.9 Å². The third kappa shape index (κ3) is 3.19. The van der Waals surface area contributed by atoms with E-state index < -0.39 is 0 Å². The number of aromatic hydroxyl groups is 1. The van der Waals surface area contributed by atoms with Gasteiger partial charge in [-0.05, 0) is 18.2 Å². The van der Waals surface area contributed by atoms with Crippen LogP contribution in [0.3, 0.4) is 0 Å². The topological polar surface area (TPSA) is 38.7 Å². The molecule has 4 heteroatoms. The first-order chi connectivity index (χ1) is 7.27. The van der Waals surface area contributed by atoms with Crippen molar-refractivity contribution in [2.75, 3.05) is 13.2 Å². The van der Waals surface area contributed by atoms with E-state index in [2.05, 4.69) is 15.9 Å². The molecule has 15 heavy (non-hydrogen) atoms.